The van der Waals surface area contributed by atoms with Gasteiger partial charge in [-0.05, 0) is 18.6 Å². The Bertz CT molecular complexity index is 438. The van der Waals surface area contributed by atoms with Gasteiger partial charge in [-0.1, -0.05) is 0 Å². The zero-order chi connectivity index (χ0) is 11.4. The second-order valence-corrected chi connectivity index (χ2v) is 2.89. The maximum atomic E-state index is 13.3. The van der Waals surface area contributed by atoms with Crippen LogP contribution in [0.25, 0.3) is 0 Å². The van der Waals surface area contributed by atoms with Gasteiger partial charge in [0.25, 0.3) is 0 Å². The normalized spacial score (nSPS) is 9.67. The molecule has 0 radical (unpaired) electrons. The van der Waals surface area contributed by atoms with Crippen LogP contribution in [0.4, 0.5) is 8.78 Å². The first kappa shape index (κ1) is 11.1. The van der Waals surface area contributed by atoms with E-state index in [2.05, 4.69) is 0 Å². The Morgan fingerprint density at radius 3 is 2.67 bits per heavy atom. The van der Waals surface area contributed by atoms with Crippen LogP contribution in [0.3, 0.4) is 0 Å². The number of nitrogens with zero attached hydrogens (tertiary/aromatic N) is 1. The molecule has 1 aromatic rings. The van der Waals surface area contributed by atoms with Gasteiger partial charge in [0, 0.05) is 12.0 Å². The van der Waals surface area contributed by atoms with E-state index < -0.39 is 17.6 Å². The molecular weight excluding hydrogens is 204 g/mol. The molecule has 0 atom stereocenters. The number of halogens is 2. The SMILES string of the molecule is N#Cc1ccc(F)c(CCC(=O)O)c1F. The lowest BCUT2D eigenvalue weighted by Crippen LogP contribution is -2.03. The predicted molar refractivity (Wildman–Crippen MR) is 47.0 cm³/mol. The molecule has 0 bridgehead atoms. The van der Waals surface area contributed by atoms with Crippen molar-refractivity contribution in [1.29, 1.82) is 5.26 Å². The van der Waals surface area contributed by atoms with Gasteiger partial charge in [0.1, 0.15) is 17.7 Å². The van der Waals surface area contributed by atoms with Gasteiger partial charge in [-0.25, -0.2) is 8.78 Å². The molecule has 5 heteroatoms. The monoisotopic (exact) mass is 211 g/mol. The summed E-state index contributed by atoms with van der Waals surface area (Å²) in [5, 5.41) is 16.9. The van der Waals surface area contributed by atoms with Crippen LogP contribution in [-0.2, 0) is 11.2 Å². The molecule has 1 rings (SSSR count). The number of carboxylic acids is 1. The number of hydrogen-bond acceptors (Lipinski definition) is 2. The van der Waals surface area contributed by atoms with Gasteiger partial charge < -0.3 is 5.11 Å². The first-order valence-electron chi connectivity index (χ1n) is 4.15. The minimum atomic E-state index is -1.14. The Morgan fingerprint density at radius 2 is 2.13 bits per heavy atom. The van der Waals surface area contributed by atoms with Crippen molar-refractivity contribution in [3.63, 3.8) is 0 Å². The van der Waals surface area contributed by atoms with E-state index in [1.165, 1.54) is 0 Å². The van der Waals surface area contributed by atoms with Crippen molar-refractivity contribution in [2.24, 2.45) is 0 Å². The molecule has 0 aliphatic rings. The smallest absolute Gasteiger partial charge is 0.303 e. The molecule has 1 N–H and O–H groups in total. The van der Waals surface area contributed by atoms with E-state index in [0.29, 0.717) is 0 Å². The fourth-order valence-corrected chi connectivity index (χ4v) is 1.15. The number of carbonyl (C=O) groups is 1. The van der Waals surface area contributed by atoms with Crippen LogP contribution >= 0.6 is 0 Å². The molecule has 0 aliphatic heterocycles. The summed E-state index contributed by atoms with van der Waals surface area (Å²) in [4.78, 5) is 10.2. The number of rotatable bonds is 3. The third-order valence-electron chi connectivity index (χ3n) is 1.90. The Balaban J connectivity index is 3.05. The number of nitriles is 1. The van der Waals surface area contributed by atoms with E-state index in [4.69, 9.17) is 10.4 Å². The van der Waals surface area contributed by atoms with E-state index in [-0.39, 0.29) is 24.0 Å². The molecule has 0 fully saturated rings. The maximum absolute atomic E-state index is 13.3. The van der Waals surface area contributed by atoms with Crippen molar-refractivity contribution < 1.29 is 18.7 Å². The van der Waals surface area contributed by atoms with E-state index in [1.54, 1.807) is 6.07 Å². The second kappa shape index (κ2) is 4.51. The highest BCUT2D eigenvalue weighted by Crippen LogP contribution is 2.17. The van der Waals surface area contributed by atoms with Crippen LogP contribution in [0, 0.1) is 23.0 Å². The van der Waals surface area contributed by atoms with E-state index in [1.807, 2.05) is 0 Å². The van der Waals surface area contributed by atoms with Gasteiger partial charge in [-0.15, -0.1) is 0 Å². The number of hydrogen-bond donors (Lipinski definition) is 1. The van der Waals surface area contributed by atoms with Crippen molar-refractivity contribution in [1.82, 2.24) is 0 Å². The van der Waals surface area contributed by atoms with Crippen LogP contribution in [0.15, 0.2) is 12.1 Å². The van der Waals surface area contributed by atoms with Crippen molar-refractivity contribution >= 4 is 5.97 Å². The van der Waals surface area contributed by atoms with Crippen LogP contribution in [-0.4, -0.2) is 11.1 Å². The lowest BCUT2D eigenvalue weighted by atomic mass is 10.1. The molecule has 0 saturated heterocycles. The topological polar surface area (TPSA) is 61.1 Å². The Morgan fingerprint density at radius 1 is 1.47 bits per heavy atom. The summed E-state index contributed by atoms with van der Waals surface area (Å²) in [6, 6.07) is 3.54. The van der Waals surface area contributed by atoms with Gasteiger partial charge in [-0.3, -0.25) is 4.79 Å². The molecule has 0 amide bonds. The van der Waals surface area contributed by atoms with Crippen molar-refractivity contribution in [2.75, 3.05) is 0 Å². The highest BCUT2D eigenvalue weighted by molar-refractivity contribution is 5.67. The van der Waals surface area contributed by atoms with E-state index in [9.17, 15) is 13.6 Å². The Labute approximate surface area is 84.6 Å². The van der Waals surface area contributed by atoms with Crippen LogP contribution in [0.5, 0.6) is 0 Å². The largest absolute Gasteiger partial charge is 0.481 e. The highest BCUT2D eigenvalue weighted by atomic mass is 19.1. The molecular formula is C10H7F2NO2. The third-order valence-corrected chi connectivity index (χ3v) is 1.90. The molecule has 0 spiro atoms. The van der Waals surface area contributed by atoms with Gasteiger partial charge in [0.15, 0.2) is 0 Å². The minimum Gasteiger partial charge on any atom is -0.481 e. The highest BCUT2D eigenvalue weighted by Gasteiger charge is 2.14. The van der Waals surface area contributed by atoms with Crippen LogP contribution < -0.4 is 0 Å². The van der Waals surface area contributed by atoms with Gasteiger partial charge in [0.2, 0.25) is 0 Å². The standard InChI is InChI=1S/C10H7F2NO2/c11-8-3-1-6(5-13)10(12)7(8)2-4-9(14)15/h1,3H,2,4H2,(H,14,15). The molecule has 0 aliphatic carbocycles. The molecule has 0 aromatic heterocycles. The first-order chi connectivity index (χ1) is 7.06. The minimum absolute atomic E-state index is 0.261. The molecule has 15 heavy (non-hydrogen) atoms. The van der Waals surface area contributed by atoms with E-state index in [0.717, 1.165) is 12.1 Å². The first-order valence-corrected chi connectivity index (χ1v) is 4.15. The molecule has 0 saturated carbocycles. The molecule has 78 valence electrons. The average molecular weight is 211 g/mol. The maximum Gasteiger partial charge on any atom is 0.303 e. The lowest BCUT2D eigenvalue weighted by Gasteiger charge is -2.03. The Hall–Kier alpha value is -1.96. The average Bonchev–Trinajstić information content (AvgIpc) is 2.17. The van der Waals surface area contributed by atoms with Crippen LogP contribution in [0.2, 0.25) is 0 Å². The quantitative estimate of drug-likeness (QED) is 0.829. The molecule has 0 heterocycles. The summed E-state index contributed by atoms with van der Waals surface area (Å²) in [6.07, 6.45) is -0.634. The summed E-state index contributed by atoms with van der Waals surface area (Å²) in [5.41, 5.74) is -0.631. The van der Waals surface area contributed by atoms with Gasteiger partial charge in [-0.2, -0.15) is 5.26 Å². The summed E-state index contributed by atoms with van der Waals surface area (Å²) >= 11 is 0. The van der Waals surface area contributed by atoms with Crippen molar-refractivity contribution in [3.8, 4) is 6.07 Å². The zero-order valence-electron chi connectivity index (χ0n) is 7.63. The zero-order valence-corrected chi connectivity index (χ0v) is 7.63. The number of aliphatic carboxylic acids is 1. The summed E-state index contributed by atoms with van der Waals surface area (Å²) in [6.45, 7) is 0. The van der Waals surface area contributed by atoms with Crippen molar-refractivity contribution in [2.45, 2.75) is 12.8 Å². The van der Waals surface area contributed by atoms with E-state index >= 15 is 0 Å². The van der Waals surface area contributed by atoms with Crippen molar-refractivity contribution in [3.05, 3.63) is 34.9 Å². The van der Waals surface area contributed by atoms with Gasteiger partial charge >= 0.3 is 5.97 Å². The van der Waals surface area contributed by atoms with Gasteiger partial charge in [0.05, 0.1) is 5.56 Å². The summed E-state index contributed by atoms with van der Waals surface area (Å²) in [7, 11) is 0. The lowest BCUT2D eigenvalue weighted by molar-refractivity contribution is -0.136. The summed E-state index contributed by atoms with van der Waals surface area (Å²) < 4.78 is 26.4. The predicted octanol–water partition coefficient (Wildman–Crippen LogP) is 1.85. The molecule has 3 nitrogen and oxygen atoms in total. The molecule has 1 aromatic carbocycles. The fraction of sp³-hybridized carbons (Fsp3) is 0.200. The number of benzene rings is 1. The number of carboxylic acid groups (broad SMARTS) is 1. The third kappa shape index (κ3) is 2.50. The second-order valence-electron chi connectivity index (χ2n) is 2.89. The Kier molecular flexibility index (Phi) is 3.34. The fourth-order valence-electron chi connectivity index (χ4n) is 1.15. The van der Waals surface area contributed by atoms with Crippen LogP contribution in [0.1, 0.15) is 17.5 Å². The summed E-state index contributed by atoms with van der Waals surface area (Å²) in [5.74, 6) is -2.94. The molecule has 0 unspecified atom stereocenters.